The van der Waals surface area contributed by atoms with E-state index in [-0.39, 0.29) is 5.04 Å². The number of carbonyl (C=O) groups excluding carboxylic acids is 1. The zero-order valence-electron chi connectivity index (χ0n) is 17.7. The van der Waals surface area contributed by atoms with Gasteiger partial charge in [0.15, 0.2) is 13.9 Å². The summed E-state index contributed by atoms with van der Waals surface area (Å²) in [5.41, 5.74) is 0.371. The van der Waals surface area contributed by atoms with E-state index in [2.05, 4.69) is 39.2 Å². The fourth-order valence-corrected chi connectivity index (χ4v) is 4.26. The second-order valence-corrected chi connectivity index (χ2v) is 14.2. The predicted octanol–water partition coefficient (Wildman–Crippen LogP) is 5.06. The molecule has 0 bridgehead atoms. The van der Waals surface area contributed by atoms with Crippen LogP contribution < -0.4 is 10.1 Å². The van der Waals surface area contributed by atoms with Gasteiger partial charge in [-0.25, -0.2) is 0 Å². The highest BCUT2D eigenvalue weighted by Crippen LogP contribution is 2.45. The largest absolute Gasteiger partial charge is 0.496 e. The number of rotatable bonds is 5. The van der Waals surface area contributed by atoms with Gasteiger partial charge >= 0.3 is 0 Å². The fraction of sp³-hybridized carbons (Fsp3) is 0.409. The van der Waals surface area contributed by atoms with Crippen molar-refractivity contribution < 1.29 is 19.1 Å². The summed E-state index contributed by atoms with van der Waals surface area (Å²) < 4.78 is 11.8. The van der Waals surface area contributed by atoms with Crippen LogP contribution in [0, 0.1) is 0 Å². The molecule has 2 aromatic rings. The van der Waals surface area contributed by atoms with E-state index < -0.39 is 19.8 Å². The number of hydrogen-bond donors (Lipinski definition) is 2. The molecule has 2 N–H and O–H groups in total. The lowest BCUT2D eigenvalue weighted by atomic mass is 9.86. The standard InChI is InChI=1S/C22H28ClNO4Si/c1-21(2,3)29(5,6)28-13-14-7-9-16(19(11-14)27-4)22(26)17-12-15(23)8-10-18(17)24-20(22)25/h7-12,26H,13H2,1-6H3,(H,24,25). The molecule has 0 aliphatic carbocycles. The summed E-state index contributed by atoms with van der Waals surface area (Å²) in [6, 6.07) is 10.4. The molecule has 156 valence electrons. The molecule has 0 fully saturated rings. The summed E-state index contributed by atoms with van der Waals surface area (Å²) in [5.74, 6) is -0.106. The van der Waals surface area contributed by atoms with Crippen LogP contribution in [0.1, 0.15) is 37.5 Å². The molecule has 1 aliphatic heterocycles. The monoisotopic (exact) mass is 433 g/mol. The maximum Gasteiger partial charge on any atom is 0.266 e. The van der Waals surface area contributed by atoms with Gasteiger partial charge in [-0.1, -0.05) is 44.5 Å². The third-order valence-electron chi connectivity index (χ3n) is 6.01. The van der Waals surface area contributed by atoms with Gasteiger partial charge in [0.05, 0.1) is 13.7 Å². The Hall–Kier alpha value is -1.86. The Balaban J connectivity index is 1.97. The Morgan fingerprint density at radius 2 is 1.83 bits per heavy atom. The van der Waals surface area contributed by atoms with Gasteiger partial charge in [-0.2, -0.15) is 0 Å². The van der Waals surface area contributed by atoms with Crippen LogP contribution in [0.2, 0.25) is 23.2 Å². The molecule has 0 saturated carbocycles. The number of anilines is 1. The van der Waals surface area contributed by atoms with E-state index in [0.29, 0.717) is 34.2 Å². The number of benzene rings is 2. The summed E-state index contributed by atoms with van der Waals surface area (Å²) in [7, 11) is -0.383. The van der Waals surface area contributed by atoms with Crippen molar-refractivity contribution in [1.82, 2.24) is 0 Å². The number of amides is 1. The first-order chi connectivity index (χ1) is 13.4. The van der Waals surface area contributed by atoms with Crippen molar-refractivity contribution in [3.63, 3.8) is 0 Å². The second-order valence-electron chi connectivity index (χ2n) is 8.94. The minimum atomic E-state index is -1.90. The Bertz CT molecular complexity index is 954. The quantitative estimate of drug-likeness (QED) is 0.647. The van der Waals surface area contributed by atoms with Crippen molar-refractivity contribution in [3.05, 3.63) is 58.1 Å². The molecule has 0 saturated heterocycles. The van der Waals surface area contributed by atoms with Crippen LogP contribution >= 0.6 is 11.6 Å². The summed E-state index contributed by atoms with van der Waals surface area (Å²) in [6.07, 6.45) is 0. The molecule has 2 aromatic carbocycles. The van der Waals surface area contributed by atoms with E-state index in [0.717, 1.165) is 5.56 Å². The molecule has 7 heteroatoms. The summed E-state index contributed by atoms with van der Waals surface area (Å²) in [4.78, 5) is 12.7. The molecule has 1 unspecified atom stereocenters. The topological polar surface area (TPSA) is 67.8 Å². The van der Waals surface area contributed by atoms with Crippen molar-refractivity contribution in [2.45, 2.75) is 51.1 Å². The Morgan fingerprint density at radius 1 is 1.14 bits per heavy atom. The molecule has 0 radical (unpaired) electrons. The van der Waals surface area contributed by atoms with E-state index in [9.17, 15) is 9.90 Å². The fourth-order valence-electron chi connectivity index (χ4n) is 3.13. The van der Waals surface area contributed by atoms with Gasteiger partial charge in [0.1, 0.15) is 5.75 Å². The highest BCUT2D eigenvalue weighted by Gasteiger charge is 2.48. The third-order valence-corrected chi connectivity index (χ3v) is 10.7. The Kier molecular flexibility index (Phi) is 5.60. The first-order valence-electron chi connectivity index (χ1n) is 9.55. The first-order valence-corrected chi connectivity index (χ1v) is 12.8. The highest BCUT2D eigenvalue weighted by molar-refractivity contribution is 6.74. The minimum absolute atomic E-state index is 0.108. The normalized spacial score (nSPS) is 19.1. The molecule has 29 heavy (non-hydrogen) atoms. The third kappa shape index (κ3) is 3.82. The lowest BCUT2D eigenvalue weighted by molar-refractivity contribution is -0.129. The maximum absolute atomic E-state index is 12.7. The molecule has 1 atom stereocenters. The van der Waals surface area contributed by atoms with Crippen LogP contribution in [-0.4, -0.2) is 26.4 Å². The number of hydrogen-bond acceptors (Lipinski definition) is 4. The molecular weight excluding hydrogens is 406 g/mol. The van der Waals surface area contributed by atoms with E-state index >= 15 is 0 Å². The van der Waals surface area contributed by atoms with E-state index in [1.807, 2.05) is 12.1 Å². The van der Waals surface area contributed by atoms with Crippen LogP contribution in [0.5, 0.6) is 5.75 Å². The van der Waals surface area contributed by atoms with Gasteiger partial charge in [0, 0.05) is 21.8 Å². The molecule has 1 amide bonds. The average molecular weight is 434 g/mol. The second kappa shape index (κ2) is 7.43. The summed E-state index contributed by atoms with van der Waals surface area (Å²) in [5, 5.41) is 14.7. The number of halogens is 1. The molecule has 1 heterocycles. The smallest absolute Gasteiger partial charge is 0.266 e. The molecule has 0 aromatic heterocycles. The van der Waals surface area contributed by atoms with Crippen LogP contribution in [0.3, 0.4) is 0 Å². The number of methoxy groups -OCH3 is 1. The Labute approximate surface area is 178 Å². The van der Waals surface area contributed by atoms with Crippen LogP contribution in [-0.2, 0) is 21.4 Å². The van der Waals surface area contributed by atoms with Crippen LogP contribution in [0.15, 0.2) is 36.4 Å². The Morgan fingerprint density at radius 3 is 2.45 bits per heavy atom. The summed E-state index contributed by atoms with van der Waals surface area (Å²) in [6.45, 7) is 11.4. The van der Waals surface area contributed by atoms with Crippen molar-refractivity contribution in [2.75, 3.05) is 12.4 Å². The van der Waals surface area contributed by atoms with Crippen molar-refractivity contribution in [2.24, 2.45) is 0 Å². The van der Waals surface area contributed by atoms with E-state index in [1.54, 1.807) is 24.3 Å². The van der Waals surface area contributed by atoms with Gasteiger partial charge in [-0.05, 0) is 48.0 Å². The maximum atomic E-state index is 12.7. The van der Waals surface area contributed by atoms with Gasteiger partial charge in [0.2, 0.25) is 0 Å². The van der Waals surface area contributed by atoms with Crippen molar-refractivity contribution in [1.29, 1.82) is 0 Å². The van der Waals surface area contributed by atoms with E-state index in [1.165, 1.54) is 7.11 Å². The molecule has 3 rings (SSSR count). The predicted molar refractivity (Wildman–Crippen MR) is 118 cm³/mol. The summed E-state index contributed by atoms with van der Waals surface area (Å²) >= 11 is 6.11. The van der Waals surface area contributed by atoms with Crippen LogP contribution in [0.25, 0.3) is 0 Å². The number of aliphatic hydroxyl groups is 1. The highest BCUT2D eigenvalue weighted by atomic mass is 35.5. The van der Waals surface area contributed by atoms with Gasteiger partial charge < -0.3 is 19.6 Å². The van der Waals surface area contributed by atoms with Crippen molar-refractivity contribution >= 4 is 31.5 Å². The zero-order valence-corrected chi connectivity index (χ0v) is 19.5. The van der Waals surface area contributed by atoms with Crippen molar-refractivity contribution in [3.8, 4) is 5.75 Å². The lowest BCUT2D eigenvalue weighted by Gasteiger charge is -2.36. The lowest BCUT2D eigenvalue weighted by Crippen LogP contribution is -2.40. The molecular formula is C22H28ClNO4Si. The SMILES string of the molecule is COc1cc(CO[Si](C)(C)C(C)(C)C)ccc1C1(O)C(=O)Nc2ccc(Cl)cc21. The van der Waals surface area contributed by atoms with Gasteiger partial charge in [-0.15, -0.1) is 0 Å². The number of fused-ring (bicyclic) bond motifs is 1. The molecule has 0 spiro atoms. The van der Waals surface area contributed by atoms with Gasteiger partial charge in [0.25, 0.3) is 5.91 Å². The number of nitrogens with one attached hydrogen (secondary N) is 1. The molecule has 1 aliphatic rings. The van der Waals surface area contributed by atoms with Crippen LogP contribution in [0.4, 0.5) is 5.69 Å². The number of carbonyl (C=O) groups is 1. The van der Waals surface area contributed by atoms with Gasteiger partial charge in [-0.3, -0.25) is 4.79 Å². The minimum Gasteiger partial charge on any atom is -0.496 e. The number of ether oxygens (including phenoxy) is 1. The first kappa shape index (κ1) is 21.8. The molecule has 5 nitrogen and oxygen atoms in total. The average Bonchev–Trinajstić information content (AvgIpc) is 2.90. The zero-order chi connectivity index (χ0) is 21.6. The van der Waals surface area contributed by atoms with E-state index in [4.69, 9.17) is 20.8 Å².